The third kappa shape index (κ3) is 3.82. The van der Waals surface area contributed by atoms with E-state index in [0.29, 0.717) is 18.9 Å². The molecule has 5 nitrogen and oxygen atoms in total. The van der Waals surface area contributed by atoms with Gasteiger partial charge in [-0.3, -0.25) is 14.6 Å². The monoisotopic (exact) mass is 366 g/mol. The van der Waals surface area contributed by atoms with Crippen LogP contribution in [0, 0.1) is 5.92 Å². The van der Waals surface area contributed by atoms with E-state index in [0.717, 1.165) is 41.3 Å². The van der Waals surface area contributed by atoms with Crippen LogP contribution in [0.3, 0.4) is 0 Å². The van der Waals surface area contributed by atoms with Gasteiger partial charge >= 0.3 is 0 Å². The smallest absolute Gasteiger partial charge is 0.168 e. The van der Waals surface area contributed by atoms with Crippen LogP contribution in [0.2, 0.25) is 0 Å². The van der Waals surface area contributed by atoms with Crippen molar-refractivity contribution in [3.05, 3.63) is 41.1 Å². The van der Waals surface area contributed by atoms with Gasteiger partial charge in [0.1, 0.15) is 17.4 Å². The van der Waals surface area contributed by atoms with Gasteiger partial charge in [-0.1, -0.05) is 31.4 Å². The number of carbonyl (C=O) groups is 2. The van der Waals surface area contributed by atoms with E-state index in [4.69, 9.17) is 9.73 Å². The number of nitrogens with zero attached hydrogens (tertiary/aromatic N) is 1. The number of ether oxygens (including phenoxy) is 1. The number of Topliss-reactive ketones (excluding diaryl/α,β-unsaturated/α-hetero) is 2. The van der Waals surface area contributed by atoms with Crippen LogP contribution in [0.15, 0.2) is 40.5 Å². The summed E-state index contributed by atoms with van der Waals surface area (Å²) < 4.78 is 5.24. The number of allylic oxidation sites excluding steroid dienone is 1. The average Bonchev–Trinajstić information content (AvgIpc) is 3.00. The Morgan fingerprint density at radius 3 is 2.52 bits per heavy atom. The van der Waals surface area contributed by atoms with Crippen LogP contribution >= 0.6 is 0 Å². The molecule has 1 atom stereocenters. The van der Waals surface area contributed by atoms with E-state index in [2.05, 4.69) is 5.32 Å². The molecule has 0 radical (unpaired) electrons. The van der Waals surface area contributed by atoms with Crippen molar-refractivity contribution in [2.75, 3.05) is 7.11 Å². The Morgan fingerprint density at radius 2 is 1.81 bits per heavy atom. The fourth-order valence-electron chi connectivity index (χ4n) is 4.42. The lowest BCUT2D eigenvalue weighted by atomic mass is 9.84. The van der Waals surface area contributed by atoms with Gasteiger partial charge in [-0.05, 0) is 37.0 Å². The van der Waals surface area contributed by atoms with Crippen LogP contribution < -0.4 is 10.1 Å². The molecule has 1 fully saturated rings. The van der Waals surface area contributed by atoms with E-state index in [-0.39, 0.29) is 23.9 Å². The van der Waals surface area contributed by atoms with Gasteiger partial charge in [0, 0.05) is 17.7 Å². The van der Waals surface area contributed by atoms with E-state index in [1.165, 1.54) is 19.3 Å². The van der Waals surface area contributed by atoms with Gasteiger partial charge in [-0.15, -0.1) is 0 Å². The zero-order chi connectivity index (χ0) is 18.8. The van der Waals surface area contributed by atoms with Crippen LogP contribution in [-0.4, -0.2) is 30.6 Å². The highest BCUT2D eigenvalue weighted by Crippen LogP contribution is 2.34. The third-order valence-electron chi connectivity index (χ3n) is 5.81. The molecule has 1 aromatic rings. The number of carbonyl (C=O) groups excluding carboxylic acids is 2. The van der Waals surface area contributed by atoms with Crippen molar-refractivity contribution in [2.24, 2.45) is 10.9 Å². The number of ketones is 2. The molecule has 27 heavy (non-hydrogen) atoms. The maximum Gasteiger partial charge on any atom is 0.168 e. The molecule has 1 aromatic carbocycles. The summed E-state index contributed by atoms with van der Waals surface area (Å²) in [4.78, 5) is 29.5. The first-order chi connectivity index (χ1) is 13.1. The maximum absolute atomic E-state index is 12.6. The molecule has 1 unspecified atom stereocenters. The summed E-state index contributed by atoms with van der Waals surface area (Å²) in [5.41, 5.74) is 2.70. The van der Waals surface area contributed by atoms with Crippen molar-refractivity contribution in [3.63, 3.8) is 0 Å². The number of hydrogen-bond acceptors (Lipinski definition) is 4. The molecular formula is C22H26N2O3. The van der Waals surface area contributed by atoms with E-state index in [1.807, 2.05) is 24.3 Å². The highest BCUT2D eigenvalue weighted by molar-refractivity contribution is 6.17. The van der Waals surface area contributed by atoms with Gasteiger partial charge in [0.05, 0.1) is 25.5 Å². The minimum absolute atomic E-state index is 0.00614. The van der Waals surface area contributed by atoms with Crippen LogP contribution in [-0.2, 0) is 16.0 Å². The summed E-state index contributed by atoms with van der Waals surface area (Å²) in [5.74, 6) is 1.58. The second kappa shape index (κ2) is 7.67. The lowest BCUT2D eigenvalue weighted by molar-refractivity contribution is -0.125. The Balaban J connectivity index is 1.63. The highest BCUT2D eigenvalue weighted by Gasteiger charge is 2.39. The SMILES string of the molecule is COc1ccc(CC2C(=NC3CCCCC3)NC3=C2C(=O)CC(=O)C3)cc1. The van der Waals surface area contributed by atoms with Gasteiger partial charge in [-0.2, -0.15) is 0 Å². The lowest BCUT2D eigenvalue weighted by Crippen LogP contribution is -2.27. The first-order valence-corrected chi connectivity index (χ1v) is 9.89. The number of amidine groups is 1. The molecule has 4 rings (SSSR count). The van der Waals surface area contributed by atoms with Crippen LogP contribution in [0.4, 0.5) is 0 Å². The van der Waals surface area contributed by atoms with Gasteiger partial charge in [-0.25, -0.2) is 0 Å². The third-order valence-corrected chi connectivity index (χ3v) is 5.81. The Hall–Kier alpha value is -2.43. The minimum Gasteiger partial charge on any atom is -0.497 e. The molecule has 2 aliphatic carbocycles. The molecule has 5 heteroatoms. The maximum atomic E-state index is 12.6. The number of aliphatic imine (C=N–C) groups is 1. The van der Waals surface area contributed by atoms with Crippen molar-refractivity contribution < 1.29 is 14.3 Å². The highest BCUT2D eigenvalue weighted by atomic mass is 16.5. The van der Waals surface area contributed by atoms with Crippen molar-refractivity contribution >= 4 is 17.4 Å². The molecular weight excluding hydrogens is 340 g/mol. The Kier molecular flexibility index (Phi) is 5.10. The van der Waals surface area contributed by atoms with Crippen molar-refractivity contribution in [1.29, 1.82) is 0 Å². The number of rotatable bonds is 4. The number of benzene rings is 1. The fourth-order valence-corrected chi connectivity index (χ4v) is 4.42. The molecule has 0 aromatic heterocycles. The predicted molar refractivity (Wildman–Crippen MR) is 104 cm³/mol. The summed E-state index contributed by atoms with van der Waals surface area (Å²) in [6.45, 7) is 0. The van der Waals surface area contributed by atoms with Gasteiger partial charge in [0.15, 0.2) is 5.78 Å². The topological polar surface area (TPSA) is 67.8 Å². The predicted octanol–water partition coefficient (Wildman–Crippen LogP) is 3.37. The molecule has 1 N–H and O–H groups in total. The van der Waals surface area contributed by atoms with E-state index in [1.54, 1.807) is 7.11 Å². The van der Waals surface area contributed by atoms with E-state index >= 15 is 0 Å². The first-order valence-electron chi connectivity index (χ1n) is 9.89. The van der Waals surface area contributed by atoms with Crippen LogP contribution in [0.5, 0.6) is 5.75 Å². The molecule has 1 saturated carbocycles. The average molecular weight is 366 g/mol. The Bertz CT molecular complexity index is 801. The lowest BCUT2D eigenvalue weighted by Gasteiger charge is -2.21. The first kappa shape index (κ1) is 18.0. The number of methoxy groups -OCH3 is 1. The zero-order valence-corrected chi connectivity index (χ0v) is 15.8. The quantitative estimate of drug-likeness (QED) is 0.830. The zero-order valence-electron chi connectivity index (χ0n) is 15.8. The molecule has 1 heterocycles. The van der Waals surface area contributed by atoms with Crippen LogP contribution in [0.1, 0.15) is 50.5 Å². The van der Waals surface area contributed by atoms with Crippen molar-refractivity contribution in [2.45, 2.75) is 57.4 Å². The summed E-state index contributed by atoms with van der Waals surface area (Å²) in [5, 5.41) is 3.36. The van der Waals surface area contributed by atoms with Gasteiger partial charge in [0.2, 0.25) is 0 Å². The largest absolute Gasteiger partial charge is 0.497 e. The molecule has 0 spiro atoms. The summed E-state index contributed by atoms with van der Waals surface area (Å²) in [6, 6.07) is 8.28. The van der Waals surface area contributed by atoms with Crippen LogP contribution in [0.25, 0.3) is 0 Å². The standard InChI is InChI=1S/C22H26N2O3/c1-27-17-9-7-14(8-10-17)11-18-21-19(12-16(25)13-20(21)26)24-22(18)23-15-5-3-2-4-6-15/h7-10,15,18H,2-6,11-13H2,1H3,(H,23,24). The van der Waals surface area contributed by atoms with Crippen molar-refractivity contribution in [1.82, 2.24) is 5.32 Å². The number of nitrogens with one attached hydrogen (secondary N) is 1. The molecule has 3 aliphatic rings. The van der Waals surface area contributed by atoms with Crippen molar-refractivity contribution in [3.8, 4) is 5.75 Å². The Labute approximate surface area is 159 Å². The summed E-state index contributed by atoms with van der Waals surface area (Å²) >= 11 is 0. The molecule has 0 bridgehead atoms. The Morgan fingerprint density at radius 1 is 1.07 bits per heavy atom. The molecule has 0 amide bonds. The second-order valence-electron chi connectivity index (χ2n) is 7.74. The molecule has 1 aliphatic heterocycles. The van der Waals surface area contributed by atoms with E-state index < -0.39 is 0 Å². The summed E-state index contributed by atoms with van der Waals surface area (Å²) in [6.07, 6.45) is 6.99. The fraction of sp³-hybridized carbons (Fsp3) is 0.500. The van der Waals surface area contributed by atoms with E-state index in [9.17, 15) is 9.59 Å². The molecule has 142 valence electrons. The molecule has 0 saturated heterocycles. The number of hydrogen-bond donors (Lipinski definition) is 1. The van der Waals surface area contributed by atoms with Gasteiger partial charge < -0.3 is 10.1 Å². The second-order valence-corrected chi connectivity index (χ2v) is 7.74. The van der Waals surface area contributed by atoms with Gasteiger partial charge in [0.25, 0.3) is 0 Å². The normalized spacial score (nSPS) is 24.9. The minimum atomic E-state index is -0.0732. The summed E-state index contributed by atoms with van der Waals surface area (Å²) in [7, 11) is 1.65.